The van der Waals surface area contributed by atoms with E-state index in [1.807, 2.05) is 0 Å². The Morgan fingerprint density at radius 1 is 0.596 bits per heavy atom. The number of nitrogens with zero attached hydrogens (tertiary/aromatic N) is 1. The summed E-state index contributed by atoms with van der Waals surface area (Å²) in [5.74, 6) is 0. The summed E-state index contributed by atoms with van der Waals surface area (Å²) in [7, 11) is 0. The molecule has 10 aromatic rings. The Morgan fingerprint density at radius 3 is 2.00 bits per heavy atom. The van der Waals surface area contributed by atoms with Crippen LogP contribution in [0.1, 0.15) is 52.5 Å². The summed E-state index contributed by atoms with van der Waals surface area (Å²) >= 11 is 1.80. The fraction of sp³-hybridized carbons (Fsp3) is 0.0943. The van der Waals surface area contributed by atoms with Gasteiger partial charge in [0.25, 0.3) is 0 Å². The third-order valence-corrected chi connectivity index (χ3v) is 13.6. The summed E-state index contributed by atoms with van der Waals surface area (Å²) in [5, 5.41) is 11.4. The average molecular weight is 752 g/mol. The molecule has 0 fully saturated rings. The summed E-state index contributed by atoms with van der Waals surface area (Å²) in [6.07, 6.45) is 0.388. The van der Waals surface area contributed by atoms with Gasteiger partial charge in [0.05, 0.1) is 16.6 Å². The van der Waals surface area contributed by atoms with Crippen LogP contribution >= 0.6 is 11.3 Å². The number of aromatic nitrogens is 1. The zero-order valence-electron chi connectivity index (χ0n) is 31.7. The number of hydrogen-bond donors (Lipinski definition) is 2. The SMILES string of the molecule is CC(c1c(NC(N)c2cccc3c2-c2ccccc2CC3(c2ccccc2)c2ccccc2)sc2ccccc12)n1c2ccccc2c2cc3ccccc3cc21. The van der Waals surface area contributed by atoms with Gasteiger partial charge in [-0.3, -0.25) is 0 Å². The molecular weight excluding hydrogens is 711 g/mol. The van der Waals surface area contributed by atoms with Crippen LogP contribution in [0.5, 0.6) is 0 Å². The lowest BCUT2D eigenvalue weighted by atomic mass is 9.60. The smallest absolute Gasteiger partial charge is 0.102 e. The molecule has 57 heavy (non-hydrogen) atoms. The summed E-state index contributed by atoms with van der Waals surface area (Å²) in [5.41, 5.74) is 19.6. The van der Waals surface area contributed by atoms with Gasteiger partial charge in [-0.1, -0.05) is 164 Å². The van der Waals surface area contributed by atoms with Gasteiger partial charge in [-0.25, -0.2) is 0 Å². The molecule has 0 amide bonds. The molecule has 0 radical (unpaired) electrons. The number of nitrogens with two attached hydrogens (primary N) is 1. The predicted octanol–water partition coefficient (Wildman–Crippen LogP) is 13.4. The highest BCUT2D eigenvalue weighted by Crippen LogP contribution is 2.53. The minimum Gasteiger partial charge on any atom is -0.358 e. The van der Waals surface area contributed by atoms with E-state index in [1.165, 1.54) is 81.6 Å². The van der Waals surface area contributed by atoms with Crippen molar-refractivity contribution in [2.75, 3.05) is 5.32 Å². The second kappa shape index (κ2) is 13.3. The second-order valence-electron chi connectivity index (χ2n) is 15.5. The summed E-state index contributed by atoms with van der Waals surface area (Å²) < 4.78 is 3.78. The molecule has 0 saturated carbocycles. The van der Waals surface area contributed by atoms with Crippen LogP contribution in [0.3, 0.4) is 0 Å². The van der Waals surface area contributed by atoms with Crippen molar-refractivity contribution < 1.29 is 0 Å². The van der Waals surface area contributed by atoms with Crippen LogP contribution in [-0.2, 0) is 11.8 Å². The fourth-order valence-corrected chi connectivity index (χ4v) is 11.2. The average Bonchev–Trinajstić information content (AvgIpc) is 3.80. The van der Waals surface area contributed by atoms with Gasteiger partial charge in [-0.15, -0.1) is 11.3 Å². The number of para-hydroxylation sites is 1. The first kappa shape index (κ1) is 33.8. The lowest BCUT2D eigenvalue weighted by molar-refractivity contribution is 0.604. The van der Waals surface area contributed by atoms with Crippen molar-refractivity contribution in [3.8, 4) is 11.1 Å². The molecule has 1 aliphatic carbocycles. The van der Waals surface area contributed by atoms with Crippen molar-refractivity contribution in [2.24, 2.45) is 5.73 Å². The maximum absolute atomic E-state index is 7.52. The summed E-state index contributed by atoms with van der Waals surface area (Å²) in [6, 6.07) is 68.8. The Bertz CT molecular complexity index is 3080. The highest BCUT2D eigenvalue weighted by molar-refractivity contribution is 7.23. The summed E-state index contributed by atoms with van der Waals surface area (Å²) in [4.78, 5) is 0. The standard InChI is InChI=1S/C53H41N3S/c1-34(56-46-29-14-12-25-41(46)44-31-35-17-8-9-18-36(35)32-47(44)56)49-42-26-13-15-30-48(42)57-52(49)55-51(54)43-27-16-28-45-50(43)40-24-11-10-19-37(40)33-53(45,38-20-4-2-5-21-38)39-22-6-3-7-23-39/h2-32,34,51,55H,33,54H2,1H3. The van der Waals surface area contributed by atoms with Crippen molar-refractivity contribution in [1.82, 2.24) is 4.57 Å². The molecule has 3 nitrogen and oxygen atoms in total. The van der Waals surface area contributed by atoms with Gasteiger partial charge in [-0.2, -0.15) is 0 Å². The predicted molar refractivity (Wildman–Crippen MR) is 241 cm³/mol. The molecule has 0 saturated heterocycles. The number of thiophene rings is 1. The first-order chi connectivity index (χ1) is 28.1. The molecule has 2 heterocycles. The zero-order chi connectivity index (χ0) is 38.1. The minimum absolute atomic E-state index is 0.00800. The van der Waals surface area contributed by atoms with Gasteiger partial charge < -0.3 is 15.6 Å². The number of hydrogen-bond acceptors (Lipinski definition) is 3. The van der Waals surface area contributed by atoms with Gasteiger partial charge in [0.2, 0.25) is 0 Å². The summed E-state index contributed by atoms with van der Waals surface area (Å²) in [6.45, 7) is 2.35. The topological polar surface area (TPSA) is 43.0 Å². The second-order valence-corrected chi connectivity index (χ2v) is 16.5. The van der Waals surface area contributed by atoms with E-state index in [1.54, 1.807) is 11.3 Å². The first-order valence-electron chi connectivity index (χ1n) is 19.9. The normalized spacial score (nSPS) is 14.4. The van der Waals surface area contributed by atoms with Gasteiger partial charge >= 0.3 is 0 Å². The fourth-order valence-electron chi connectivity index (χ4n) is 9.95. The first-order valence-corrected chi connectivity index (χ1v) is 20.7. The lowest BCUT2D eigenvalue weighted by Crippen LogP contribution is -2.36. The van der Waals surface area contributed by atoms with E-state index in [0.29, 0.717) is 0 Å². The van der Waals surface area contributed by atoms with E-state index >= 15 is 0 Å². The van der Waals surface area contributed by atoms with Crippen LogP contribution < -0.4 is 11.1 Å². The molecule has 11 rings (SSSR count). The van der Waals surface area contributed by atoms with Crippen molar-refractivity contribution >= 4 is 59.0 Å². The van der Waals surface area contributed by atoms with E-state index in [2.05, 4.69) is 205 Å². The van der Waals surface area contributed by atoms with E-state index in [0.717, 1.165) is 17.0 Å². The largest absolute Gasteiger partial charge is 0.358 e. The number of rotatable bonds is 7. The molecule has 2 atom stereocenters. The van der Waals surface area contributed by atoms with Crippen LogP contribution in [-0.4, -0.2) is 4.57 Å². The monoisotopic (exact) mass is 751 g/mol. The molecule has 0 bridgehead atoms. The van der Waals surface area contributed by atoms with Gasteiger partial charge in [-0.05, 0) is 92.7 Å². The molecule has 0 spiro atoms. The Balaban J connectivity index is 1.09. The minimum atomic E-state index is -0.476. The molecular formula is C53H41N3S. The zero-order valence-corrected chi connectivity index (χ0v) is 32.5. The van der Waals surface area contributed by atoms with Gasteiger partial charge in [0, 0.05) is 32.0 Å². The van der Waals surface area contributed by atoms with E-state index in [9.17, 15) is 0 Å². The maximum Gasteiger partial charge on any atom is 0.102 e. The molecule has 2 aromatic heterocycles. The molecule has 274 valence electrons. The van der Waals surface area contributed by atoms with E-state index in [-0.39, 0.29) is 11.5 Å². The maximum atomic E-state index is 7.52. The third-order valence-electron chi connectivity index (χ3n) is 12.5. The van der Waals surface area contributed by atoms with E-state index in [4.69, 9.17) is 5.73 Å². The van der Waals surface area contributed by atoms with Crippen molar-refractivity contribution in [3.63, 3.8) is 0 Å². The van der Waals surface area contributed by atoms with Crippen LogP contribution in [0, 0.1) is 0 Å². The Labute approximate surface area is 336 Å². The van der Waals surface area contributed by atoms with Crippen LogP contribution in [0.25, 0.3) is 53.8 Å². The van der Waals surface area contributed by atoms with Gasteiger partial charge in [0.15, 0.2) is 0 Å². The molecule has 3 N–H and O–H groups in total. The number of fused-ring (bicyclic) bond motifs is 8. The van der Waals surface area contributed by atoms with E-state index < -0.39 is 6.17 Å². The number of anilines is 1. The van der Waals surface area contributed by atoms with Gasteiger partial charge in [0.1, 0.15) is 6.17 Å². The highest BCUT2D eigenvalue weighted by Gasteiger charge is 2.43. The van der Waals surface area contributed by atoms with Crippen molar-refractivity contribution in [3.05, 3.63) is 221 Å². The molecule has 1 aliphatic rings. The molecule has 2 unspecified atom stereocenters. The quantitative estimate of drug-likeness (QED) is 0.159. The lowest BCUT2D eigenvalue weighted by Gasteiger charge is -2.42. The molecule has 4 heteroatoms. The highest BCUT2D eigenvalue weighted by atomic mass is 32.1. The molecule has 0 aliphatic heterocycles. The Hall–Kier alpha value is -6.46. The Morgan fingerprint density at radius 2 is 1.23 bits per heavy atom. The third kappa shape index (κ3) is 5.21. The van der Waals surface area contributed by atoms with Crippen LogP contribution in [0.4, 0.5) is 5.00 Å². The Kier molecular flexibility index (Phi) is 7.92. The molecule has 8 aromatic carbocycles. The van der Waals surface area contributed by atoms with Crippen molar-refractivity contribution in [1.29, 1.82) is 0 Å². The van der Waals surface area contributed by atoms with Crippen molar-refractivity contribution in [2.45, 2.75) is 31.0 Å². The van der Waals surface area contributed by atoms with Crippen LogP contribution in [0.2, 0.25) is 0 Å². The number of nitrogens with one attached hydrogen (secondary N) is 1. The number of benzene rings is 8. The van der Waals surface area contributed by atoms with Crippen LogP contribution in [0.15, 0.2) is 188 Å².